The molecule has 1 atom stereocenters. The van der Waals surface area contributed by atoms with Crippen molar-refractivity contribution >= 4 is 11.6 Å². The molecule has 0 N–H and O–H groups in total. The van der Waals surface area contributed by atoms with Gasteiger partial charge in [0.2, 0.25) is 0 Å². The summed E-state index contributed by atoms with van der Waals surface area (Å²) < 4.78 is 1.76. The topological polar surface area (TPSA) is 30.7 Å². The van der Waals surface area contributed by atoms with Gasteiger partial charge < -0.3 is 0 Å². The van der Waals surface area contributed by atoms with E-state index >= 15 is 0 Å². The molecule has 0 saturated carbocycles. The largest absolute Gasteiger partial charge is 0.220 e. The quantitative estimate of drug-likeness (QED) is 0.765. The fourth-order valence-electron chi connectivity index (χ4n) is 1.53. The molecule has 0 aliphatic rings. The number of hydrogen-bond donors (Lipinski definition) is 0. The van der Waals surface area contributed by atoms with Gasteiger partial charge in [-0.15, -0.1) is 16.7 Å². The van der Waals surface area contributed by atoms with Crippen molar-refractivity contribution in [3.63, 3.8) is 0 Å². The lowest BCUT2D eigenvalue weighted by Gasteiger charge is -2.01. The maximum Gasteiger partial charge on any atom is 0.101 e. The van der Waals surface area contributed by atoms with Crippen molar-refractivity contribution in [3.05, 3.63) is 41.7 Å². The summed E-state index contributed by atoms with van der Waals surface area (Å²) in [5.74, 6) is 0. The second kappa shape index (κ2) is 4.66. The summed E-state index contributed by atoms with van der Waals surface area (Å²) in [5.41, 5.74) is 3.04. The van der Waals surface area contributed by atoms with Gasteiger partial charge in [0.05, 0.1) is 17.3 Å². The molecule has 1 aromatic carbocycles. The number of aromatic nitrogens is 3. The number of benzene rings is 1. The number of aryl methyl sites for hydroxylation is 1. The lowest BCUT2D eigenvalue weighted by atomic mass is 10.2. The highest BCUT2D eigenvalue weighted by Gasteiger charge is 2.10. The van der Waals surface area contributed by atoms with E-state index in [0.29, 0.717) is 0 Å². The van der Waals surface area contributed by atoms with Crippen LogP contribution in [0.2, 0.25) is 0 Å². The molecule has 0 radical (unpaired) electrons. The van der Waals surface area contributed by atoms with Gasteiger partial charge in [-0.3, -0.25) is 0 Å². The molecule has 1 unspecified atom stereocenters. The van der Waals surface area contributed by atoms with Crippen LogP contribution in [-0.2, 0) is 0 Å². The number of nitrogens with zero attached hydrogens (tertiary/aromatic N) is 3. The minimum absolute atomic E-state index is 0.0569. The number of hydrogen-bond acceptors (Lipinski definition) is 2. The van der Waals surface area contributed by atoms with E-state index in [2.05, 4.69) is 29.4 Å². The lowest BCUT2D eigenvalue weighted by Crippen LogP contribution is -1.94. The molecule has 0 spiro atoms. The van der Waals surface area contributed by atoms with Gasteiger partial charge in [0.25, 0.3) is 0 Å². The molecule has 4 heteroatoms. The van der Waals surface area contributed by atoms with Crippen LogP contribution in [0.5, 0.6) is 0 Å². The highest BCUT2D eigenvalue weighted by Crippen LogP contribution is 2.21. The van der Waals surface area contributed by atoms with Crippen LogP contribution in [0.25, 0.3) is 5.69 Å². The molecule has 0 aliphatic heterocycles. The van der Waals surface area contributed by atoms with Crippen LogP contribution in [-0.4, -0.2) is 15.0 Å². The Balaban J connectivity index is 2.31. The summed E-state index contributed by atoms with van der Waals surface area (Å²) in [5, 5.41) is 8.10. The van der Waals surface area contributed by atoms with Gasteiger partial charge in [0.1, 0.15) is 5.69 Å². The minimum atomic E-state index is -0.0569. The van der Waals surface area contributed by atoms with Crippen LogP contribution in [0.1, 0.15) is 30.0 Å². The second-order valence-corrected chi connectivity index (χ2v) is 4.33. The summed E-state index contributed by atoms with van der Waals surface area (Å²) in [7, 11) is 0. The van der Waals surface area contributed by atoms with E-state index in [1.165, 1.54) is 5.56 Å². The van der Waals surface area contributed by atoms with Crippen LogP contribution < -0.4 is 0 Å². The normalized spacial score (nSPS) is 12.7. The first kappa shape index (κ1) is 11.1. The van der Waals surface area contributed by atoms with E-state index in [0.717, 1.165) is 17.8 Å². The van der Waals surface area contributed by atoms with Crippen LogP contribution in [0.15, 0.2) is 30.5 Å². The van der Waals surface area contributed by atoms with Crippen molar-refractivity contribution in [2.45, 2.75) is 25.6 Å². The van der Waals surface area contributed by atoms with E-state index in [4.69, 9.17) is 11.6 Å². The zero-order chi connectivity index (χ0) is 11.5. The highest BCUT2D eigenvalue weighted by atomic mass is 35.5. The van der Waals surface area contributed by atoms with Crippen molar-refractivity contribution in [2.75, 3.05) is 0 Å². The zero-order valence-corrected chi connectivity index (χ0v) is 10.1. The van der Waals surface area contributed by atoms with Crippen LogP contribution in [0.3, 0.4) is 0 Å². The molecular weight excluding hydrogens is 222 g/mol. The van der Waals surface area contributed by atoms with Gasteiger partial charge in [0.15, 0.2) is 0 Å². The van der Waals surface area contributed by atoms with Gasteiger partial charge in [-0.25, -0.2) is 4.68 Å². The Kier molecular flexibility index (Phi) is 3.25. The first-order chi connectivity index (χ1) is 7.70. The van der Waals surface area contributed by atoms with E-state index in [1.807, 2.05) is 25.3 Å². The third-order valence-corrected chi connectivity index (χ3v) is 2.99. The van der Waals surface area contributed by atoms with Gasteiger partial charge in [-0.2, -0.15) is 0 Å². The van der Waals surface area contributed by atoms with Crippen LogP contribution in [0.4, 0.5) is 0 Å². The SMILES string of the molecule is CCC(Cl)c1cn(-c2cccc(C)c2)nn1. The molecule has 1 heterocycles. The molecule has 2 rings (SSSR count). The van der Waals surface area contributed by atoms with Gasteiger partial charge in [-0.1, -0.05) is 24.3 Å². The fourth-order valence-corrected chi connectivity index (χ4v) is 1.63. The molecule has 1 aromatic heterocycles. The van der Waals surface area contributed by atoms with Crippen molar-refractivity contribution in [1.29, 1.82) is 0 Å². The average Bonchev–Trinajstić information content (AvgIpc) is 2.77. The predicted octanol–water partition coefficient (Wildman–Crippen LogP) is 3.27. The van der Waals surface area contributed by atoms with Gasteiger partial charge in [-0.05, 0) is 31.0 Å². The standard InChI is InChI=1S/C12H14ClN3/c1-3-11(13)12-8-16(15-14-12)10-6-4-5-9(2)7-10/h4-8,11H,3H2,1-2H3. The third-order valence-electron chi connectivity index (χ3n) is 2.46. The molecule has 3 nitrogen and oxygen atoms in total. The van der Waals surface area contributed by atoms with E-state index in [1.54, 1.807) is 4.68 Å². The lowest BCUT2D eigenvalue weighted by molar-refractivity contribution is 0.785. The zero-order valence-electron chi connectivity index (χ0n) is 9.39. The maximum absolute atomic E-state index is 6.11. The smallest absolute Gasteiger partial charge is 0.101 e. The summed E-state index contributed by atoms with van der Waals surface area (Å²) in [6.45, 7) is 4.08. The number of alkyl halides is 1. The Hall–Kier alpha value is -1.35. The Morgan fingerprint density at radius 1 is 1.44 bits per heavy atom. The van der Waals surface area contributed by atoms with Crippen LogP contribution >= 0.6 is 11.6 Å². The summed E-state index contributed by atoms with van der Waals surface area (Å²) in [4.78, 5) is 0. The predicted molar refractivity (Wildman–Crippen MR) is 65.0 cm³/mol. The highest BCUT2D eigenvalue weighted by molar-refractivity contribution is 6.20. The van der Waals surface area contributed by atoms with Crippen molar-refractivity contribution in [1.82, 2.24) is 15.0 Å². The molecule has 16 heavy (non-hydrogen) atoms. The molecule has 84 valence electrons. The minimum Gasteiger partial charge on any atom is -0.220 e. The van der Waals surface area contributed by atoms with E-state index in [-0.39, 0.29) is 5.38 Å². The Bertz CT molecular complexity index is 479. The molecule has 0 bridgehead atoms. The number of rotatable bonds is 3. The van der Waals surface area contributed by atoms with Crippen molar-refractivity contribution in [3.8, 4) is 5.69 Å². The first-order valence-electron chi connectivity index (χ1n) is 5.34. The molecule has 0 fully saturated rings. The molecular formula is C12H14ClN3. The molecule has 0 aliphatic carbocycles. The fraction of sp³-hybridized carbons (Fsp3) is 0.333. The average molecular weight is 236 g/mol. The van der Waals surface area contributed by atoms with Crippen molar-refractivity contribution in [2.24, 2.45) is 0 Å². The third kappa shape index (κ3) is 2.25. The molecule has 0 amide bonds. The van der Waals surface area contributed by atoms with Gasteiger partial charge in [0, 0.05) is 0 Å². The maximum atomic E-state index is 6.11. The first-order valence-corrected chi connectivity index (χ1v) is 5.77. The summed E-state index contributed by atoms with van der Waals surface area (Å²) in [6.07, 6.45) is 2.74. The summed E-state index contributed by atoms with van der Waals surface area (Å²) in [6, 6.07) is 8.12. The van der Waals surface area contributed by atoms with Gasteiger partial charge >= 0.3 is 0 Å². The Morgan fingerprint density at radius 3 is 2.94 bits per heavy atom. The number of halogens is 1. The van der Waals surface area contributed by atoms with E-state index in [9.17, 15) is 0 Å². The molecule has 0 saturated heterocycles. The molecule has 2 aromatic rings. The Morgan fingerprint density at radius 2 is 2.25 bits per heavy atom. The summed E-state index contributed by atoms with van der Waals surface area (Å²) >= 11 is 6.11. The van der Waals surface area contributed by atoms with Crippen molar-refractivity contribution < 1.29 is 0 Å². The monoisotopic (exact) mass is 235 g/mol. The second-order valence-electron chi connectivity index (χ2n) is 3.80. The van der Waals surface area contributed by atoms with Crippen LogP contribution in [0, 0.1) is 6.92 Å². The Labute approximate surface area is 100 Å². The van der Waals surface area contributed by atoms with E-state index < -0.39 is 0 Å².